The summed E-state index contributed by atoms with van der Waals surface area (Å²) in [6.45, 7) is 3.76. The Hall–Kier alpha value is -1.35. The fourth-order valence-electron chi connectivity index (χ4n) is 2.98. The maximum atomic E-state index is 11.3. The lowest BCUT2D eigenvalue weighted by Gasteiger charge is -2.16. The molecule has 19 heavy (non-hydrogen) atoms. The van der Waals surface area contributed by atoms with Crippen molar-refractivity contribution in [2.24, 2.45) is 11.8 Å². The van der Waals surface area contributed by atoms with Crippen LogP contribution in [0.4, 0.5) is 0 Å². The number of carboxylic acid groups (broad SMARTS) is 1. The largest absolute Gasteiger partial charge is 0.481 e. The summed E-state index contributed by atoms with van der Waals surface area (Å²) in [7, 11) is 0. The number of rotatable bonds is 6. The molecule has 1 aliphatic carbocycles. The summed E-state index contributed by atoms with van der Waals surface area (Å²) >= 11 is 0. The minimum Gasteiger partial charge on any atom is -0.481 e. The van der Waals surface area contributed by atoms with E-state index in [0.29, 0.717) is 6.54 Å². The molecule has 2 rings (SSSR count). The van der Waals surface area contributed by atoms with Gasteiger partial charge in [0, 0.05) is 6.54 Å². The van der Waals surface area contributed by atoms with Crippen LogP contribution in [-0.4, -0.2) is 24.2 Å². The van der Waals surface area contributed by atoms with Crippen LogP contribution in [0, 0.1) is 11.8 Å². The molecule has 0 heterocycles. The third-order valence-electron chi connectivity index (χ3n) is 4.08. The molecular formula is C16H23NO2. The molecule has 1 saturated carbocycles. The van der Waals surface area contributed by atoms with Gasteiger partial charge in [-0.25, -0.2) is 0 Å². The van der Waals surface area contributed by atoms with E-state index in [1.807, 2.05) is 30.3 Å². The molecule has 0 aromatic heterocycles. The lowest BCUT2D eigenvalue weighted by atomic mass is 9.99. The second kappa shape index (κ2) is 6.71. The van der Waals surface area contributed by atoms with E-state index >= 15 is 0 Å². The molecule has 0 bridgehead atoms. The highest BCUT2D eigenvalue weighted by Crippen LogP contribution is 2.29. The van der Waals surface area contributed by atoms with E-state index in [4.69, 9.17) is 0 Å². The summed E-state index contributed by atoms with van der Waals surface area (Å²) in [5.74, 6) is 0.356. The van der Waals surface area contributed by atoms with Crippen LogP contribution in [0.25, 0.3) is 0 Å². The first kappa shape index (κ1) is 14.1. The van der Waals surface area contributed by atoms with E-state index < -0.39 is 11.9 Å². The average Bonchev–Trinajstić information content (AvgIpc) is 2.81. The number of hydrogen-bond donors (Lipinski definition) is 2. The second-order valence-corrected chi connectivity index (χ2v) is 5.74. The molecule has 3 nitrogen and oxygen atoms in total. The summed E-state index contributed by atoms with van der Waals surface area (Å²) < 4.78 is 0. The average molecular weight is 261 g/mol. The lowest BCUT2D eigenvalue weighted by molar-refractivity contribution is -0.138. The first-order valence-electron chi connectivity index (χ1n) is 7.15. The standard InChI is InChI=1S/C16H23NO2/c1-12-7-8-13(9-12)10-17-11-15(16(18)19)14-5-3-2-4-6-14/h2-6,12-13,15,17H,7-11H2,1H3,(H,18,19). The van der Waals surface area contributed by atoms with E-state index in [0.717, 1.165) is 23.9 Å². The quantitative estimate of drug-likeness (QED) is 0.828. The molecule has 0 radical (unpaired) electrons. The molecule has 1 aliphatic rings. The van der Waals surface area contributed by atoms with Gasteiger partial charge in [-0.2, -0.15) is 0 Å². The van der Waals surface area contributed by atoms with Crippen LogP contribution < -0.4 is 5.32 Å². The van der Waals surface area contributed by atoms with Gasteiger partial charge >= 0.3 is 5.97 Å². The SMILES string of the molecule is CC1CCC(CNCC(C(=O)O)c2ccccc2)C1. The lowest BCUT2D eigenvalue weighted by Crippen LogP contribution is -2.30. The Morgan fingerprint density at radius 1 is 1.37 bits per heavy atom. The molecule has 0 spiro atoms. The first-order valence-corrected chi connectivity index (χ1v) is 7.15. The van der Waals surface area contributed by atoms with Crippen molar-refractivity contribution >= 4 is 5.97 Å². The fraction of sp³-hybridized carbons (Fsp3) is 0.562. The summed E-state index contributed by atoms with van der Waals surface area (Å²) in [6.07, 6.45) is 3.86. The summed E-state index contributed by atoms with van der Waals surface area (Å²) in [6, 6.07) is 9.47. The van der Waals surface area contributed by atoms with Crippen LogP contribution in [0.15, 0.2) is 30.3 Å². The summed E-state index contributed by atoms with van der Waals surface area (Å²) in [4.78, 5) is 11.3. The van der Waals surface area contributed by atoms with Crippen molar-refractivity contribution in [2.45, 2.75) is 32.1 Å². The Labute approximate surface area is 115 Å². The van der Waals surface area contributed by atoms with Crippen molar-refractivity contribution in [3.8, 4) is 0 Å². The highest BCUT2D eigenvalue weighted by Gasteiger charge is 2.23. The Morgan fingerprint density at radius 2 is 2.11 bits per heavy atom. The van der Waals surface area contributed by atoms with Crippen LogP contribution >= 0.6 is 0 Å². The van der Waals surface area contributed by atoms with Gasteiger partial charge in [-0.05, 0) is 36.8 Å². The maximum Gasteiger partial charge on any atom is 0.312 e. The van der Waals surface area contributed by atoms with Crippen LogP contribution in [0.2, 0.25) is 0 Å². The summed E-state index contributed by atoms with van der Waals surface area (Å²) in [5, 5.41) is 12.7. The van der Waals surface area contributed by atoms with Gasteiger partial charge in [0.2, 0.25) is 0 Å². The Balaban J connectivity index is 1.83. The molecular weight excluding hydrogens is 238 g/mol. The van der Waals surface area contributed by atoms with Gasteiger partial charge in [0.15, 0.2) is 0 Å². The van der Waals surface area contributed by atoms with Gasteiger partial charge in [-0.3, -0.25) is 4.79 Å². The number of hydrogen-bond acceptors (Lipinski definition) is 2. The molecule has 2 N–H and O–H groups in total. The highest BCUT2D eigenvalue weighted by molar-refractivity contribution is 5.76. The van der Waals surface area contributed by atoms with E-state index in [9.17, 15) is 9.90 Å². The Kier molecular flexibility index (Phi) is 4.97. The van der Waals surface area contributed by atoms with Crippen molar-refractivity contribution in [2.75, 3.05) is 13.1 Å². The fourth-order valence-corrected chi connectivity index (χ4v) is 2.98. The molecule has 3 unspecified atom stereocenters. The number of benzene rings is 1. The monoisotopic (exact) mass is 261 g/mol. The predicted octanol–water partition coefficient (Wildman–Crippen LogP) is 2.88. The van der Waals surface area contributed by atoms with E-state index in [2.05, 4.69) is 12.2 Å². The van der Waals surface area contributed by atoms with E-state index in [1.54, 1.807) is 0 Å². The molecule has 3 heteroatoms. The van der Waals surface area contributed by atoms with Gasteiger partial charge < -0.3 is 10.4 Å². The number of aliphatic carboxylic acids is 1. The minimum atomic E-state index is -0.751. The zero-order chi connectivity index (χ0) is 13.7. The van der Waals surface area contributed by atoms with Crippen LogP contribution in [0.1, 0.15) is 37.7 Å². The molecule has 0 amide bonds. The van der Waals surface area contributed by atoms with Crippen molar-refractivity contribution < 1.29 is 9.90 Å². The molecule has 0 saturated heterocycles. The number of carbonyl (C=O) groups is 1. The normalized spacial score (nSPS) is 24.3. The number of carboxylic acids is 1. The Bertz CT molecular complexity index is 404. The van der Waals surface area contributed by atoms with E-state index in [-0.39, 0.29) is 0 Å². The first-order chi connectivity index (χ1) is 9.16. The van der Waals surface area contributed by atoms with Gasteiger partial charge in [-0.1, -0.05) is 43.7 Å². The molecule has 104 valence electrons. The Morgan fingerprint density at radius 3 is 2.68 bits per heavy atom. The van der Waals surface area contributed by atoms with Crippen molar-refractivity contribution in [3.05, 3.63) is 35.9 Å². The molecule has 1 aromatic rings. The maximum absolute atomic E-state index is 11.3. The third-order valence-corrected chi connectivity index (χ3v) is 4.08. The van der Waals surface area contributed by atoms with Gasteiger partial charge in [0.1, 0.15) is 0 Å². The van der Waals surface area contributed by atoms with Crippen LogP contribution in [0.5, 0.6) is 0 Å². The predicted molar refractivity (Wildman–Crippen MR) is 76.2 cm³/mol. The molecule has 0 aliphatic heterocycles. The third kappa shape index (κ3) is 4.06. The van der Waals surface area contributed by atoms with Gasteiger partial charge in [0.05, 0.1) is 5.92 Å². The van der Waals surface area contributed by atoms with Crippen molar-refractivity contribution in [3.63, 3.8) is 0 Å². The molecule has 3 atom stereocenters. The molecule has 1 fully saturated rings. The van der Waals surface area contributed by atoms with Gasteiger partial charge in [0.25, 0.3) is 0 Å². The van der Waals surface area contributed by atoms with Crippen molar-refractivity contribution in [1.29, 1.82) is 0 Å². The topological polar surface area (TPSA) is 49.3 Å². The zero-order valence-corrected chi connectivity index (χ0v) is 11.5. The minimum absolute atomic E-state index is 0.444. The van der Waals surface area contributed by atoms with Gasteiger partial charge in [-0.15, -0.1) is 0 Å². The zero-order valence-electron chi connectivity index (χ0n) is 11.5. The van der Waals surface area contributed by atoms with Crippen LogP contribution in [0.3, 0.4) is 0 Å². The van der Waals surface area contributed by atoms with Crippen molar-refractivity contribution in [1.82, 2.24) is 5.32 Å². The smallest absolute Gasteiger partial charge is 0.312 e. The number of nitrogens with one attached hydrogen (secondary N) is 1. The highest BCUT2D eigenvalue weighted by atomic mass is 16.4. The van der Waals surface area contributed by atoms with Crippen LogP contribution in [-0.2, 0) is 4.79 Å². The molecule has 1 aromatic carbocycles. The van der Waals surface area contributed by atoms with E-state index in [1.165, 1.54) is 19.3 Å². The second-order valence-electron chi connectivity index (χ2n) is 5.74. The summed E-state index contributed by atoms with van der Waals surface area (Å²) in [5.41, 5.74) is 0.877.